The first-order valence-corrected chi connectivity index (χ1v) is 11.5. The number of carbonyl (C=O) groups is 1. The minimum absolute atomic E-state index is 0.160. The lowest BCUT2D eigenvalue weighted by Crippen LogP contribution is -2.34. The molecule has 0 fully saturated rings. The smallest absolute Gasteiger partial charge is 0.323 e. The maximum absolute atomic E-state index is 12.9. The minimum Gasteiger partial charge on any atom is -0.480 e. The van der Waals surface area contributed by atoms with Crippen LogP contribution in [0.4, 0.5) is 0 Å². The number of aliphatic carboxylic acids is 1. The van der Waals surface area contributed by atoms with E-state index in [4.69, 9.17) is 11.6 Å². The van der Waals surface area contributed by atoms with E-state index in [2.05, 4.69) is 12.6 Å². The van der Waals surface area contributed by atoms with E-state index in [1.54, 1.807) is 47.2 Å². The van der Waals surface area contributed by atoms with Gasteiger partial charge in [0.1, 0.15) is 6.54 Å². The Morgan fingerprint density at radius 2 is 1.90 bits per heavy atom. The summed E-state index contributed by atoms with van der Waals surface area (Å²) in [5.74, 6) is -0.935. The molecule has 9 heteroatoms. The molecule has 1 aliphatic rings. The van der Waals surface area contributed by atoms with Crippen molar-refractivity contribution in [2.45, 2.75) is 22.8 Å². The number of hydrogen-bond acceptors (Lipinski definition) is 4. The fourth-order valence-electron chi connectivity index (χ4n) is 3.68. The molecule has 0 saturated carbocycles. The molecule has 156 valence electrons. The van der Waals surface area contributed by atoms with Crippen LogP contribution in [0, 0.1) is 0 Å². The predicted octanol–water partition coefficient (Wildman–Crippen LogP) is 4.15. The number of nitrogens with zero attached hydrogens (tertiary/aromatic N) is 2. The zero-order valence-electron chi connectivity index (χ0n) is 15.8. The Hall–Kier alpha value is -2.26. The van der Waals surface area contributed by atoms with Gasteiger partial charge in [-0.3, -0.25) is 4.79 Å². The Kier molecular flexibility index (Phi) is 5.67. The highest BCUT2D eigenvalue weighted by Crippen LogP contribution is 2.33. The van der Waals surface area contributed by atoms with E-state index in [-0.39, 0.29) is 18.0 Å². The molecular formula is C21H19ClN2O4S2. The van der Waals surface area contributed by atoms with Crippen LogP contribution >= 0.6 is 24.2 Å². The molecule has 0 unspecified atom stereocenters. The van der Waals surface area contributed by atoms with Gasteiger partial charge in [0.2, 0.25) is 10.0 Å². The first-order chi connectivity index (χ1) is 14.3. The van der Waals surface area contributed by atoms with E-state index < -0.39 is 16.0 Å². The second kappa shape index (κ2) is 8.11. The Morgan fingerprint density at radius 1 is 1.17 bits per heavy atom. The maximum atomic E-state index is 12.9. The van der Waals surface area contributed by atoms with E-state index in [1.807, 2.05) is 12.1 Å². The maximum Gasteiger partial charge on any atom is 0.323 e. The average Bonchev–Trinajstić information content (AvgIpc) is 3.05. The van der Waals surface area contributed by atoms with Gasteiger partial charge in [-0.05, 0) is 54.5 Å². The van der Waals surface area contributed by atoms with Crippen LogP contribution < -0.4 is 0 Å². The summed E-state index contributed by atoms with van der Waals surface area (Å²) in [5.41, 5.74) is 2.63. The van der Waals surface area contributed by atoms with Gasteiger partial charge in [0.15, 0.2) is 0 Å². The molecule has 0 amide bonds. The molecule has 0 bridgehead atoms. The summed E-state index contributed by atoms with van der Waals surface area (Å²) in [7, 11) is -3.59. The molecule has 0 radical (unpaired) electrons. The third-order valence-electron chi connectivity index (χ3n) is 5.14. The molecule has 0 atom stereocenters. The molecule has 0 spiro atoms. The fraction of sp³-hybridized carbons (Fsp3) is 0.190. The third kappa shape index (κ3) is 4.00. The number of halogens is 1. The van der Waals surface area contributed by atoms with Gasteiger partial charge in [-0.15, -0.1) is 12.6 Å². The van der Waals surface area contributed by atoms with Crippen LogP contribution in [0.1, 0.15) is 12.0 Å². The number of sulfonamides is 1. The van der Waals surface area contributed by atoms with Crippen LogP contribution in [0.25, 0.3) is 16.5 Å². The molecule has 6 nitrogen and oxygen atoms in total. The van der Waals surface area contributed by atoms with Crippen LogP contribution in [-0.4, -0.2) is 41.5 Å². The number of fused-ring (bicyclic) bond motifs is 1. The summed E-state index contributed by atoms with van der Waals surface area (Å²) in [6.07, 6.45) is 4.20. The molecule has 2 aromatic carbocycles. The van der Waals surface area contributed by atoms with Crippen molar-refractivity contribution in [2.24, 2.45) is 0 Å². The van der Waals surface area contributed by atoms with Crippen molar-refractivity contribution in [1.82, 2.24) is 8.87 Å². The fourth-order valence-corrected chi connectivity index (χ4v) is 5.38. The van der Waals surface area contributed by atoms with Gasteiger partial charge in [0.05, 0.1) is 4.90 Å². The second-order valence-electron chi connectivity index (χ2n) is 7.06. The highest BCUT2D eigenvalue weighted by molar-refractivity contribution is 7.89. The van der Waals surface area contributed by atoms with Crippen molar-refractivity contribution in [1.29, 1.82) is 0 Å². The van der Waals surface area contributed by atoms with Gasteiger partial charge >= 0.3 is 5.97 Å². The largest absolute Gasteiger partial charge is 0.480 e. The normalized spacial score (nSPS) is 15.3. The van der Waals surface area contributed by atoms with E-state index in [0.29, 0.717) is 22.9 Å². The van der Waals surface area contributed by atoms with Gasteiger partial charge in [0.25, 0.3) is 0 Å². The van der Waals surface area contributed by atoms with Crippen LogP contribution in [0.15, 0.2) is 64.5 Å². The molecule has 3 aromatic rings. The van der Waals surface area contributed by atoms with Gasteiger partial charge in [-0.2, -0.15) is 4.31 Å². The van der Waals surface area contributed by atoms with Crippen molar-refractivity contribution < 1.29 is 18.3 Å². The lowest BCUT2D eigenvalue weighted by Gasteiger charge is -2.26. The van der Waals surface area contributed by atoms with Crippen LogP contribution in [0.2, 0.25) is 5.02 Å². The number of carboxylic acids is 1. The molecule has 2 heterocycles. The molecule has 0 saturated heterocycles. The molecular weight excluding hydrogens is 444 g/mol. The Labute approximate surface area is 184 Å². The zero-order chi connectivity index (χ0) is 21.5. The predicted molar refractivity (Wildman–Crippen MR) is 120 cm³/mol. The van der Waals surface area contributed by atoms with Crippen LogP contribution in [-0.2, 0) is 21.4 Å². The highest BCUT2D eigenvalue weighted by atomic mass is 35.5. The lowest BCUT2D eigenvalue weighted by atomic mass is 10.00. The first-order valence-electron chi connectivity index (χ1n) is 9.24. The second-order valence-corrected chi connectivity index (χ2v) is 9.95. The van der Waals surface area contributed by atoms with Gasteiger partial charge in [0, 0.05) is 45.7 Å². The summed E-state index contributed by atoms with van der Waals surface area (Å²) < 4.78 is 28.9. The number of carboxylic acid groups (broad SMARTS) is 1. The van der Waals surface area contributed by atoms with E-state index in [1.165, 1.54) is 4.31 Å². The van der Waals surface area contributed by atoms with Crippen LogP contribution in [0.5, 0.6) is 0 Å². The van der Waals surface area contributed by atoms with Crippen molar-refractivity contribution in [2.75, 3.05) is 13.1 Å². The summed E-state index contributed by atoms with van der Waals surface area (Å²) in [6, 6.07) is 11.8. The zero-order valence-corrected chi connectivity index (χ0v) is 18.3. The minimum atomic E-state index is -3.59. The summed E-state index contributed by atoms with van der Waals surface area (Å²) in [5, 5.41) is 10.6. The number of hydrogen-bond donors (Lipinski definition) is 2. The Morgan fingerprint density at radius 3 is 2.53 bits per heavy atom. The quantitative estimate of drug-likeness (QED) is 0.558. The summed E-state index contributed by atoms with van der Waals surface area (Å²) in [6.45, 7) is 0.419. The Balaban J connectivity index is 1.66. The highest BCUT2D eigenvalue weighted by Gasteiger charge is 2.27. The average molecular weight is 463 g/mol. The van der Waals surface area contributed by atoms with Crippen molar-refractivity contribution in [3.63, 3.8) is 0 Å². The van der Waals surface area contributed by atoms with E-state index in [9.17, 15) is 18.3 Å². The molecule has 0 aliphatic carbocycles. The van der Waals surface area contributed by atoms with E-state index in [0.717, 1.165) is 22.0 Å². The number of aromatic nitrogens is 1. The molecule has 1 N–H and O–H groups in total. The monoisotopic (exact) mass is 462 g/mol. The molecule has 30 heavy (non-hydrogen) atoms. The topological polar surface area (TPSA) is 79.6 Å². The van der Waals surface area contributed by atoms with Gasteiger partial charge in [-0.1, -0.05) is 17.7 Å². The Bertz CT molecular complexity index is 1260. The van der Waals surface area contributed by atoms with Crippen molar-refractivity contribution >= 4 is 56.7 Å². The molecule has 1 aromatic heterocycles. The molecule has 1 aliphatic heterocycles. The number of rotatable bonds is 5. The lowest BCUT2D eigenvalue weighted by molar-refractivity contribution is -0.137. The van der Waals surface area contributed by atoms with Gasteiger partial charge < -0.3 is 9.67 Å². The first kappa shape index (κ1) is 21.0. The van der Waals surface area contributed by atoms with Crippen molar-refractivity contribution in [3.8, 4) is 0 Å². The summed E-state index contributed by atoms with van der Waals surface area (Å²) >= 11 is 10.4. The third-order valence-corrected chi connectivity index (χ3v) is 7.55. The van der Waals surface area contributed by atoms with E-state index >= 15 is 0 Å². The van der Waals surface area contributed by atoms with Gasteiger partial charge in [-0.25, -0.2) is 8.42 Å². The molecule has 4 rings (SSSR count). The standard InChI is InChI=1S/C21H19ClN2O4S2/c22-15-1-6-20-18(11-15)19(12-23(20)13-21(25)26)14-7-9-24(10-8-14)30(27,28)17-4-2-16(29)3-5-17/h1-7,11-12,29H,8-10,13H2,(H,25,26). The van der Waals surface area contributed by atoms with Crippen molar-refractivity contribution in [3.05, 3.63) is 65.3 Å². The SMILES string of the molecule is O=C(O)Cn1cc(C2=CCN(S(=O)(=O)c3ccc(S)cc3)CC2)c2cc(Cl)ccc21. The number of thiol groups is 1. The van der Waals surface area contributed by atoms with Crippen LogP contribution in [0.3, 0.4) is 0 Å². The summed E-state index contributed by atoms with van der Waals surface area (Å²) in [4.78, 5) is 12.2. The number of benzene rings is 2.